The van der Waals surface area contributed by atoms with Crippen LogP contribution < -0.4 is 5.73 Å². The van der Waals surface area contributed by atoms with Gasteiger partial charge in [0.15, 0.2) is 6.10 Å². The zero-order valence-electron chi connectivity index (χ0n) is 9.22. The Morgan fingerprint density at radius 2 is 1.78 bits per heavy atom. The van der Waals surface area contributed by atoms with Crippen LogP contribution in [0.25, 0.3) is 0 Å². The number of benzene rings is 1. The Bertz CT molecular complexity index is 409. The van der Waals surface area contributed by atoms with Crippen molar-refractivity contribution in [1.29, 1.82) is 0 Å². The summed E-state index contributed by atoms with van der Waals surface area (Å²) in [6.07, 6.45) is -8.88. The summed E-state index contributed by atoms with van der Waals surface area (Å²) < 4.78 is 62.9. The molecule has 0 bridgehead atoms. The van der Waals surface area contributed by atoms with Crippen LogP contribution in [0.2, 0.25) is 0 Å². The highest BCUT2D eigenvalue weighted by Crippen LogP contribution is 2.32. The summed E-state index contributed by atoms with van der Waals surface area (Å²) in [4.78, 5) is 0. The molecule has 0 radical (unpaired) electrons. The number of rotatable bonds is 4. The minimum absolute atomic E-state index is 0.393. The van der Waals surface area contributed by atoms with Gasteiger partial charge in [0.2, 0.25) is 0 Å². The van der Waals surface area contributed by atoms with Crippen molar-refractivity contribution >= 4 is 0 Å². The molecular formula is C11H12F5NO. The van der Waals surface area contributed by atoms with Gasteiger partial charge in [-0.25, -0.2) is 8.78 Å². The second-order valence-corrected chi connectivity index (χ2v) is 4.03. The molecule has 7 heteroatoms. The lowest BCUT2D eigenvalue weighted by atomic mass is 9.86. The van der Waals surface area contributed by atoms with Crippen LogP contribution in [0.1, 0.15) is 12.0 Å². The van der Waals surface area contributed by atoms with Crippen LogP contribution >= 0.6 is 0 Å². The van der Waals surface area contributed by atoms with E-state index in [1.807, 2.05) is 0 Å². The van der Waals surface area contributed by atoms with E-state index in [9.17, 15) is 22.0 Å². The van der Waals surface area contributed by atoms with Gasteiger partial charge in [0.25, 0.3) is 0 Å². The summed E-state index contributed by atoms with van der Waals surface area (Å²) in [5.41, 5.74) is 2.84. The van der Waals surface area contributed by atoms with Gasteiger partial charge in [-0.15, -0.1) is 0 Å². The zero-order valence-corrected chi connectivity index (χ0v) is 9.22. The van der Waals surface area contributed by atoms with Crippen LogP contribution in [0.3, 0.4) is 0 Å². The summed E-state index contributed by atoms with van der Waals surface area (Å²) in [6, 6.07) is 4.69. The first-order valence-electron chi connectivity index (χ1n) is 5.05. The lowest BCUT2D eigenvalue weighted by Gasteiger charge is -2.30. The van der Waals surface area contributed by atoms with Crippen molar-refractivity contribution < 1.29 is 27.1 Å². The van der Waals surface area contributed by atoms with Gasteiger partial charge >= 0.3 is 6.18 Å². The quantitative estimate of drug-likeness (QED) is 0.824. The Balaban J connectivity index is 3.04. The fourth-order valence-corrected chi connectivity index (χ4v) is 1.56. The van der Waals surface area contributed by atoms with E-state index in [0.717, 1.165) is 12.1 Å². The van der Waals surface area contributed by atoms with E-state index >= 15 is 0 Å². The Kier molecular flexibility index (Phi) is 4.28. The summed E-state index contributed by atoms with van der Waals surface area (Å²) in [5.74, 6) is -0.910. The van der Waals surface area contributed by atoms with Crippen molar-refractivity contribution in [2.24, 2.45) is 5.73 Å². The average Bonchev–Trinajstić information content (AvgIpc) is 2.28. The predicted octanol–water partition coefficient (Wildman–Crippen LogP) is 2.26. The minimum Gasteiger partial charge on any atom is -0.384 e. The standard InChI is InChI=1S/C11H12F5NO/c12-6-10(17,5-9(18)11(14,15)16)7-3-1-2-4-8(7)13/h1-4,9,18H,5-6,17H2. The average molecular weight is 269 g/mol. The Morgan fingerprint density at radius 1 is 1.22 bits per heavy atom. The molecule has 102 valence electrons. The molecule has 0 spiro atoms. The highest BCUT2D eigenvalue weighted by atomic mass is 19.4. The minimum atomic E-state index is -4.93. The number of hydrogen-bond acceptors (Lipinski definition) is 2. The lowest BCUT2D eigenvalue weighted by Crippen LogP contribution is -2.46. The van der Waals surface area contributed by atoms with Crippen LogP contribution in [-0.4, -0.2) is 24.1 Å². The number of aliphatic hydroxyl groups is 1. The van der Waals surface area contributed by atoms with Gasteiger partial charge < -0.3 is 10.8 Å². The highest BCUT2D eigenvalue weighted by Gasteiger charge is 2.44. The molecular weight excluding hydrogens is 257 g/mol. The van der Waals surface area contributed by atoms with E-state index in [4.69, 9.17) is 10.8 Å². The largest absolute Gasteiger partial charge is 0.414 e. The number of nitrogens with two attached hydrogens (primary N) is 1. The van der Waals surface area contributed by atoms with Crippen molar-refractivity contribution in [3.63, 3.8) is 0 Å². The normalized spacial score (nSPS) is 17.3. The smallest absolute Gasteiger partial charge is 0.384 e. The fourth-order valence-electron chi connectivity index (χ4n) is 1.56. The third kappa shape index (κ3) is 3.17. The number of halogens is 5. The molecule has 2 nitrogen and oxygen atoms in total. The third-order valence-corrected chi connectivity index (χ3v) is 2.58. The molecule has 0 aromatic heterocycles. The van der Waals surface area contributed by atoms with E-state index in [1.165, 1.54) is 12.1 Å². The van der Waals surface area contributed by atoms with E-state index < -0.39 is 42.3 Å². The summed E-state index contributed by atoms with van der Waals surface area (Å²) in [6.45, 7) is -1.42. The van der Waals surface area contributed by atoms with Crippen molar-refractivity contribution in [2.45, 2.75) is 24.2 Å². The SMILES string of the molecule is NC(CF)(CC(O)C(F)(F)F)c1ccccc1F. The summed E-state index contributed by atoms with van der Waals surface area (Å²) >= 11 is 0. The van der Waals surface area contributed by atoms with Gasteiger partial charge in [-0.1, -0.05) is 18.2 Å². The van der Waals surface area contributed by atoms with Crippen molar-refractivity contribution in [2.75, 3.05) is 6.67 Å². The Morgan fingerprint density at radius 3 is 2.22 bits per heavy atom. The molecule has 2 unspecified atom stereocenters. The first-order chi connectivity index (χ1) is 8.20. The topological polar surface area (TPSA) is 46.2 Å². The second kappa shape index (κ2) is 5.19. The molecule has 1 rings (SSSR count). The predicted molar refractivity (Wildman–Crippen MR) is 54.9 cm³/mol. The molecule has 0 aliphatic heterocycles. The highest BCUT2D eigenvalue weighted by molar-refractivity contribution is 5.26. The van der Waals surface area contributed by atoms with Crippen LogP contribution in [0.4, 0.5) is 22.0 Å². The first-order valence-corrected chi connectivity index (χ1v) is 5.05. The van der Waals surface area contributed by atoms with Crippen LogP contribution in [0, 0.1) is 5.82 Å². The molecule has 18 heavy (non-hydrogen) atoms. The number of hydrogen-bond donors (Lipinski definition) is 2. The number of aliphatic hydroxyl groups excluding tert-OH is 1. The molecule has 1 aromatic carbocycles. The van der Waals surface area contributed by atoms with Crippen LogP contribution in [0.5, 0.6) is 0 Å². The van der Waals surface area contributed by atoms with Crippen molar-refractivity contribution in [1.82, 2.24) is 0 Å². The molecule has 0 amide bonds. The van der Waals surface area contributed by atoms with E-state index in [0.29, 0.717) is 0 Å². The molecule has 0 aliphatic rings. The molecule has 3 N–H and O–H groups in total. The summed E-state index contributed by atoms with van der Waals surface area (Å²) in [7, 11) is 0. The van der Waals surface area contributed by atoms with Crippen molar-refractivity contribution in [3.05, 3.63) is 35.6 Å². The maximum Gasteiger partial charge on any atom is 0.414 e. The van der Waals surface area contributed by atoms with Crippen LogP contribution in [0.15, 0.2) is 24.3 Å². The zero-order chi connectivity index (χ0) is 14.0. The van der Waals surface area contributed by atoms with Crippen LogP contribution in [-0.2, 0) is 5.54 Å². The van der Waals surface area contributed by atoms with E-state index in [-0.39, 0.29) is 0 Å². The molecule has 0 saturated heterocycles. The van der Waals surface area contributed by atoms with Gasteiger partial charge in [0.1, 0.15) is 12.5 Å². The van der Waals surface area contributed by atoms with Gasteiger partial charge in [0, 0.05) is 12.0 Å². The molecule has 0 fully saturated rings. The van der Waals surface area contributed by atoms with Gasteiger partial charge in [-0.05, 0) is 6.07 Å². The van der Waals surface area contributed by atoms with Gasteiger partial charge in [-0.3, -0.25) is 0 Å². The Labute approximate surface area is 100 Å². The maximum atomic E-state index is 13.4. The van der Waals surface area contributed by atoms with Gasteiger partial charge in [-0.2, -0.15) is 13.2 Å². The summed E-state index contributed by atoms with van der Waals surface area (Å²) in [5, 5.41) is 8.91. The monoisotopic (exact) mass is 269 g/mol. The molecule has 0 saturated carbocycles. The lowest BCUT2D eigenvalue weighted by molar-refractivity contribution is -0.210. The van der Waals surface area contributed by atoms with E-state index in [1.54, 1.807) is 0 Å². The van der Waals surface area contributed by atoms with E-state index in [2.05, 4.69) is 0 Å². The molecule has 0 aliphatic carbocycles. The Hall–Kier alpha value is -1.21. The van der Waals surface area contributed by atoms with Crippen molar-refractivity contribution in [3.8, 4) is 0 Å². The number of alkyl halides is 4. The third-order valence-electron chi connectivity index (χ3n) is 2.58. The molecule has 1 aromatic rings. The maximum absolute atomic E-state index is 13.4. The second-order valence-electron chi connectivity index (χ2n) is 4.03. The van der Waals surface area contributed by atoms with Gasteiger partial charge in [0.05, 0.1) is 5.54 Å². The fraction of sp³-hybridized carbons (Fsp3) is 0.455. The molecule has 2 atom stereocenters. The molecule has 0 heterocycles. The first kappa shape index (κ1) is 14.8.